The number of piperazine rings is 1. The van der Waals surface area contributed by atoms with Gasteiger partial charge in [-0.2, -0.15) is 15.6 Å². The Bertz CT molecular complexity index is 1590. The largest absolute Gasteiger partial charge is 0.369 e. The van der Waals surface area contributed by atoms with Crippen molar-refractivity contribution in [2.24, 2.45) is 7.05 Å². The number of nitrogens with one attached hydrogen (secondary N) is 1. The van der Waals surface area contributed by atoms with Crippen LogP contribution in [0.15, 0.2) is 77.4 Å². The number of likely N-dealkylation sites (N-methyl/N-ethyl adjacent to an activating group) is 1. The molecule has 1 aliphatic rings. The molecule has 0 radical (unpaired) electrons. The number of rotatable bonds is 5. The van der Waals surface area contributed by atoms with Gasteiger partial charge in [-0.3, -0.25) is 9.58 Å². The molecule has 2 heterocycles. The number of aryl methyl sites for hydroxylation is 1. The van der Waals surface area contributed by atoms with E-state index in [-0.39, 0.29) is 6.03 Å². The van der Waals surface area contributed by atoms with Crippen LogP contribution in [0.5, 0.6) is 0 Å². The molecule has 0 unspecified atom stereocenters. The van der Waals surface area contributed by atoms with Gasteiger partial charge in [0.2, 0.25) is 0 Å². The first kappa shape index (κ1) is 26.9. The predicted octanol–water partition coefficient (Wildman–Crippen LogP) is 5.71. The summed E-state index contributed by atoms with van der Waals surface area (Å²) < 4.78 is 2.66. The average Bonchev–Trinajstić information content (AvgIpc) is 3.31. The van der Waals surface area contributed by atoms with Gasteiger partial charge in [-0.25, -0.2) is 4.79 Å². The summed E-state index contributed by atoms with van der Waals surface area (Å²) in [5, 5.41) is 25.9. The van der Waals surface area contributed by atoms with E-state index in [4.69, 9.17) is 5.26 Å². The second-order valence-corrected chi connectivity index (χ2v) is 10.5. The zero-order valence-corrected chi connectivity index (χ0v) is 23.8. The summed E-state index contributed by atoms with van der Waals surface area (Å²) in [4.78, 5) is 20.2. The Kier molecular flexibility index (Phi) is 7.83. The van der Waals surface area contributed by atoms with Gasteiger partial charge >= 0.3 is 6.03 Å². The van der Waals surface area contributed by atoms with E-state index in [9.17, 15) is 10.1 Å². The molecule has 3 aromatic carbocycles. The minimum absolute atomic E-state index is 0.375. The van der Waals surface area contributed by atoms with Crippen molar-refractivity contribution in [2.75, 3.05) is 48.3 Å². The quantitative estimate of drug-likeness (QED) is 0.317. The number of urea groups is 1. The fraction of sp³-hybridized carbons (Fsp3) is 0.200. The van der Waals surface area contributed by atoms with Crippen LogP contribution in [-0.4, -0.2) is 53.9 Å². The SMILES string of the molecule is CN1CCN(c2cc(-c3c(Br)cnn3C)cc(N(C(=O)Nc3ccc(C#N)cc3)c3ccc(C#N)cc3)c2)CC1. The molecule has 1 aliphatic heterocycles. The summed E-state index contributed by atoms with van der Waals surface area (Å²) >= 11 is 3.64. The number of hydrogen-bond donors (Lipinski definition) is 1. The number of benzene rings is 3. The highest BCUT2D eigenvalue weighted by Gasteiger charge is 2.24. The molecular formula is C30H27BrN8O. The third-order valence-electron chi connectivity index (χ3n) is 6.92. The third kappa shape index (κ3) is 5.69. The fourth-order valence-electron chi connectivity index (χ4n) is 4.72. The minimum Gasteiger partial charge on any atom is -0.369 e. The van der Waals surface area contributed by atoms with E-state index in [1.165, 1.54) is 0 Å². The van der Waals surface area contributed by atoms with E-state index in [0.717, 1.165) is 47.6 Å². The van der Waals surface area contributed by atoms with Gasteiger partial charge in [0.1, 0.15) is 0 Å². The van der Waals surface area contributed by atoms with E-state index >= 15 is 0 Å². The Morgan fingerprint density at radius 2 is 1.52 bits per heavy atom. The molecule has 5 rings (SSSR count). The number of halogens is 1. The van der Waals surface area contributed by atoms with Crippen molar-refractivity contribution in [3.8, 4) is 23.4 Å². The Morgan fingerprint density at radius 3 is 2.10 bits per heavy atom. The van der Waals surface area contributed by atoms with Crippen LogP contribution in [0.25, 0.3) is 11.3 Å². The van der Waals surface area contributed by atoms with Gasteiger partial charge in [-0.1, -0.05) is 0 Å². The molecule has 1 saturated heterocycles. The van der Waals surface area contributed by atoms with Crippen LogP contribution in [0.4, 0.5) is 27.5 Å². The molecule has 0 atom stereocenters. The Hall–Kier alpha value is -4.64. The van der Waals surface area contributed by atoms with Crippen LogP contribution in [0.3, 0.4) is 0 Å². The maximum Gasteiger partial charge on any atom is 0.330 e. The first-order valence-corrected chi connectivity index (χ1v) is 13.5. The molecule has 1 N–H and O–H groups in total. The Morgan fingerprint density at radius 1 is 0.900 bits per heavy atom. The molecule has 200 valence electrons. The standard InChI is InChI=1S/C30H27BrN8O/c1-36-11-13-38(14-12-36)26-15-23(29-28(31)20-34-37(29)2)16-27(17-26)39(25-9-5-22(19-33)6-10-25)30(40)35-24-7-3-21(18-32)4-8-24/h3-10,15-17,20H,11-14H2,1-2H3,(H,35,40). The van der Waals surface area contributed by atoms with Gasteiger partial charge in [0, 0.05) is 50.2 Å². The molecular weight excluding hydrogens is 568 g/mol. The summed E-state index contributed by atoms with van der Waals surface area (Å²) in [5.41, 5.74) is 5.64. The van der Waals surface area contributed by atoms with E-state index in [2.05, 4.69) is 61.4 Å². The summed E-state index contributed by atoms with van der Waals surface area (Å²) in [5.74, 6) is 0. The summed E-state index contributed by atoms with van der Waals surface area (Å²) in [6, 6.07) is 23.6. The highest BCUT2D eigenvalue weighted by atomic mass is 79.9. The normalized spacial score (nSPS) is 13.4. The number of amides is 2. The van der Waals surface area contributed by atoms with Gasteiger partial charge in [-0.15, -0.1) is 0 Å². The highest BCUT2D eigenvalue weighted by Crippen LogP contribution is 2.37. The molecule has 4 aromatic rings. The number of nitriles is 2. The van der Waals surface area contributed by atoms with Crippen molar-refractivity contribution >= 4 is 44.7 Å². The molecule has 0 spiro atoms. The second kappa shape index (κ2) is 11.6. The van der Waals surface area contributed by atoms with E-state index < -0.39 is 0 Å². The van der Waals surface area contributed by atoms with Crippen molar-refractivity contribution in [3.63, 3.8) is 0 Å². The van der Waals surface area contributed by atoms with Gasteiger partial charge in [0.25, 0.3) is 0 Å². The summed E-state index contributed by atoms with van der Waals surface area (Å²) in [6.07, 6.45) is 1.76. The first-order valence-electron chi connectivity index (χ1n) is 12.7. The monoisotopic (exact) mass is 594 g/mol. The molecule has 2 amide bonds. The van der Waals surface area contributed by atoms with Crippen molar-refractivity contribution in [1.29, 1.82) is 10.5 Å². The molecule has 0 saturated carbocycles. The van der Waals surface area contributed by atoms with E-state index in [0.29, 0.717) is 28.2 Å². The summed E-state index contributed by atoms with van der Waals surface area (Å²) in [6.45, 7) is 3.60. The molecule has 40 heavy (non-hydrogen) atoms. The Labute approximate surface area is 241 Å². The lowest BCUT2D eigenvalue weighted by Crippen LogP contribution is -2.44. The molecule has 0 aliphatic carbocycles. The topological polar surface area (TPSA) is 104 Å². The lowest BCUT2D eigenvalue weighted by Gasteiger charge is -2.35. The fourth-order valence-corrected chi connectivity index (χ4v) is 5.30. The zero-order valence-electron chi connectivity index (χ0n) is 22.2. The molecule has 0 bridgehead atoms. The van der Waals surface area contributed by atoms with Crippen LogP contribution in [-0.2, 0) is 7.05 Å². The third-order valence-corrected chi connectivity index (χ3v) is 7.50. The predicted molar refractivity (Wildman–Crippen MR) is 160 cm³/mol. The zero-order chi connectivity index (χ0) is 28.2. The number of aromatic nitrogens is 2. The molecule has 9 nitrogen and oxygen atoms in total. The van der Waals surface area contributed by atoms with Crippen LogP contribution in [0.2, 0.25) is 0 Å². The van der Waals surface area contributed by atoms with Crippen LogP contribution in [0.1, 0.15) is 11.1 Å². The molecule has 1 aromatic heterocycles. The lowest BCUT2D eigenvalue weighted by molar-refractivity contribution is 0.259. The number of carbonyl (C=O) groups is 1. The summed E-state index contributed by atoms with van der Waals surface area (Å²) in [7, 11) is 4.00. The average molecular weight is 596 g/mol. The van der Waals surface area contributed by atoms with Gasteiger partial charge in [0.05, 0.1) is 51.0 Å². The van der Waals surface area contributed by atoms with Crippen molar-refractivity contribution in [2.45, 2.75) is 0 Å². The van der Waals surface area contributed by atoms with Crippen LogP contribution in [0, 0.1) is 22.7 Å². The highest BCUT2D eigenvalue weighted by molar-refractivity contribution is 9.10. The smallest absolute Gasteiger partial charge is 0.330 e. The van der Waals surface area contributed by atoms with Gasteiger partial charge in [-0.05, 0) is 89.7 Å². The Balaban J connectivity index is 1.63. The number of nitrogens with zero attached hydrogens (tertiary/aromatic N) is 7. The number of hydrogen-bond acceptors (Lipinski definition) is 6. The first-order chi connectivity index (χ1) is 19.4. The van der Waals surface area contributed by atoms with Gasteiger partial charge in [0.15, 0.2) is 0 Å². The van der Waals surface area contributed by atoms with Crippen molar-refractivity contribution in [1.82, 2.24) is 14.7 Å². The molecule has 10 heteroatoms. The van der Waals surface area contributed by atoms with E-state index in [1.54, 1.807) is 64.3 Å². The van der Waals surface area contributed by atoms with Gasteiger partial charge < -0.3 is 15.1 Å². The number of anilines is 4. The maximum absolute atomic E-state index is 13.9. The van der Waals surface area contributed by atoms with Crippen molar-refractivity contribution in [3.05, 3.63) is 88.5 Å². The van der Waals surface area contributed by atoms with Crippen LogP contribution < -0.4 is 15.1 Å². The second-order valence-electron chi connectivity index (χ2n) is 9.61. The maximum atomic E-state index is 13.9. The molecule has 1 fully saturated rings. The lowest BCUT2D eigenvalue weighted by atomic mass is 10.1. The number of carbonyl (C=O) groups excluding carboxylic acids is 1. The van der Waals surface area contributed by atoms with Crippen molar-refractivity contribution < 1.29 is 4.79 Å². The minimum atomic E-state index is -0.375. The van der Waals surface area contributed by atoms with Crippen LogP contribution >= 0.6 is 15.9 Å². The van der Waals surface area contributed by atoms with E-state index in [1.807, 2.05) is 19.2 Å².